The van der Waals surface area contributed by atoms with Crippen LogP contribution in [0.3, 0.4) is 0 Å². The maximum absolute atomic E-state index is 12.0. The molecule has 1 amide bonds. The molecule has 2 N–H and O–H groups in total. The molecule has 0 unspecified atom stereocenters. The minimum atomic E-state index is -3.84. The highest BCUT2D eigenvalue weighted by molar-refractivity contribution is 7.89. The summed E-state index contributed by atoms with van der Waals surface area (Å²) in [7, 11) is -3.84. The van der Waals surface area contributed by atoms with Crippen molar-refractivity contribution < 1.29 is 22.7 Å². The van der Waals surface area contributed by atoms with Crippen LogP contribution in [-0.4, -0.2) is 38.4 Å². The lowest BCUT2D eigenvalue weighted by molar-refractivity contribution is -0.146. The van der Waals surface area contributed by atoms with Crippen molar-refractivity contribution in [2.24, 2.45) is 0 Å². The Hall–Kier alpha value is -2.49. The SMILES string of the molecule is Cc1ccc(S(=O)(=O)NCC(=O)OCC(=O)Nc2cccnc2Cl)cc1. The highest BCUT2D eigenvalue weighted by Gasteiger charge is 2.16. The normalized spacial score (nSPS) is 11.0. The zero-order chi connectivity index (χ0) is 19.2. The van der Waals surface area contributed by atoms with Crippen LogP contribution in [0.2, 0.25) is 5.15 Å². The lowest BCUT2D eigenvalue weighted by atomic mass is 10.2. The number of halogens is 1. The van der Waals surface area contributed by atoms with Crippen molar-refractivity contribution in [2.75, 3.05) is 18.5 Å². The van der Waals surface area contributed by atoms with Crippen LogP contribution in [0.5, 0.6) is 0 Å². The maximum Gasteiger partial charge on any atom is 0.321 e. The van der Waals surface area contributed by atoms with E-state index in [0.29, 0.717) is 0 Å². The molecule has 0 saturated heterocycles. The van der Waals surface area contributed by atoms with Crippen molar-refractivity contribution >= 4 is 39.2 Å². The number of benzene rings is 1. The molecule has 0 atom stereocenters. The lowest BCUT2D eigenvalue weighted by Gasteiger charge is -2.09. The van der Waals surface area contributed by atoms with Crippen molar-refractivity contribution in [3.63, 3.8) is 0 Å². The first-order chi connectivity index (χ1) is 12.3. The van der Waals surface area contributed by atoms with E-state index in [4.69, 9.17) is 16.3 Å². The van der Waals surface area contributed by atoms with Gasteiger partial charge in [-0.1, -0.05) is 29.3 Å². The fraction of sp³-hybridized carbons (Fsp3) is 0.188. The van der Waals surface area contributed by atoms with E-state index in [1.807, 2.05) is 6.92 Å². The van der Waals surface area contributed by atoms with Crippen molar-refractivity contribution in [1.82, 2.24) is 9.71 Å². The third kappa shape index (κ3) is 5.80. The Bertz CT molecular complexity index is 900. The van der Waals surface area contributed by atoms with Crippen molar-refractivity contribution in [3.8, 4) is 0 Å². The number of hydrogen-bond donors (Lipinski definition) is 2. The smallest absolute Gasteiger partial charge is 0.321 e. The van der Waals surface area contributed by atoms with Gasteiger partial charge in [-0.25, -0.2) is 13.4 Å². The summed E-state index contributed by atoms with van der Waals surface area (Å²) in [4.78, 5) is 27.2. The molecular weight excluding hydrogens is 382 g/mol. The number of aromatic nitrogens is 1. The molecule has 1 aromatic carbocycles. The van der Waals surface area contributed by atoms with E-state index < -0.39 is 35.1 Å². The van der Waals surface area contributed by atoms with E-state index in [2.05, 4.69) is 15.0 Å². The second-order valence-corrected chi connectivity index (χ2v) is 7.31. The number of nitrogens with zero attached hydrogens (tertiary/aromatic N) is 1. The third-order valence-electron chi connectivity index (χ3n) is 3.14. The van der Waals surface area contributed by atoms with Gasteiger partial charge in [-0.2, -0.15) is 4.72 Å². The number of carbonyl (C=O) groups is 2. The van der Waals surface area contributed by atoms with Gasteiger partial charge in [-0.3, -0.25) is 9.59 Å². The van der Waals surface area contributed by atoms with E-state index >= 15 is 0 Å². The molecule has 26 heavy (non-hydrogen) atoms. The molecule has 0 aliphatic carbocycles. The molecule has 0 fully saturated rings. The summed E-state index contributed by atoms with van der Waals surface area (Å²) < 4.78 is 30.9. The first-order valence-corrected chi connectivity index (χ1v) is 9.26. The van der Waals surface area contributed by atoms with Gasteiger partial charge in [0.15, 0.2) is 11.8 Å². The Morgan fingerprint density at radius 3 is 2.54 bits per heavy atom. The maximum atomic E-state index is 12.0. The average molecular weight is 398 g/mol. The zero-order valence-corrected chi connectivity index (χ0v) is 15.3. The molecule has 1 aromatic heterocycles. The lowest BCUT2D eigenvalue weighted by Crippen LogP contribution is -2.32. The number of carbonyl (C=O) groups excluding carboxylic acids is 2. The number of hydrogen-bond acceptors (Lipinski definition) is 6. The summed E-state index contributed by atoms with van der Waals surface area (Å²) >= 11 is 5.79. The summed E-state index contributed by atoms with van der Waals surface area (Å²) in [5.41, 5.74) is 1.18. The summed E-state index contributed by atoms with van der Waals surface area (Å²) in [6.45, 7) is 0.637. The van der Waals surface area contributed by atoms with Crippen LogP contribution in [0.15, 0.2) is 47.5 Å². The first kappa shape index (κ1) is 19.8. The fourth-order valence-corrected chi connectivity index (χ4v) is 2.95. The van der Waals surface area contributed by atoms with Gasteiger partial charge in [-0.05, 0) is 31.2 Å². The predicted molar refractivity (Wildman–Crippen MR) is 95.2 cm³/mol. The van der Waals surface area contributed by atoms with Gasteiger partial charge in [0.05, 0.1) is 10.6 Å². The average Bonchev–Trinajstić information content (AvgIpc) is 2.60. The molecule has 0 aliphatic rings. The summed E-state index contributed by atoms with van der Waals surface area (Å²) in [5.74, 6) is -1.53. The van der Waals surface area contributed by atoms with Gasteiger partial charge in [0.25, 0.3) is 5.91 Å². The van der Waals surface area contributed by atoms with Crippen molar-refractivity contribution in [1.29, 1.82) is 0 Å². The Labute approximate surface area is 155 Å². The number of nitrogens with one attached hydrogen (secondary N) is 2. The molecule has 8 nitrogen and oxygen atoms in total. The van der Waals surface area contributed by atoms with Gasteiger partial charge in [0, 0.05) is 6.20 Å². The van der Waals surface area contributed by atoms with E-state index in [9.17, 15) is 18.0 Å². The van der Waals surface area contributed by atoms with E-state index in [-0.39, 0.29) is 15.7 Å². The Morgan fingerprint density at radius 1 is 1.19 bits per heavy atom. The Morgan fingerprint density at radius 2 is 1.88 bits per heavy atom. The monoisotopic (exact) mass is 397 g/mol. The van der Waals surface area contributed by atoms with Gasteiger partial charge in [-0.15, -0.1) is 0 Å². The Balaban J connectivity index is 1.80. The number of ether oxygens (including phenoxy) is 1. The van der Waals surface area contributed by atoms with Crippen LogP contribution in [-0.2, 0) is 24.3 Å². The molecule has 0 saturated carbocycles. The van der Waals surface area contributed by atoms with Crippen LogP contribution < -0.4 is 10.0 Å². The highest BCUT2D eigenvalue weighted by Crippen LogP contribution is 2.17. The number of pyridine rings is 1. The van der Waals surface area contributed by atoms with Gasteiger partial charge >= 0.3 is 5.97 Å². The largest absolute Gasteiger partial charge is 0.455 e. The van der Waals surface area contributed by atoms with Gasteiger partial charge in [0.2, 0.25) is 10.0 Å². The molecule has 1 heterocycles. The van der Waals surface area contributed by atoms with Gasteiger partial charge < -0.3 is 10.1 Å². The zero-order valence-electron chi connectivity index (χ0n) is 13.7. The second kappa shape index (κ2) is 8.75. The standard InChI is InChI=1S/C16H16ClN3O5S/c1-11-4-6-12(7-5-11)26(23,24)19-9-15(22)25-10-14(21)20-13-3-2-8-18-16(13)17/h2-8,19H,9-10H2,1H3,(H,20,21). The molecule has 0 spiro atoms. The minimum absolute atomic E-state index is 0.0277. The van der Waals surface area contributed by atoms with Crippen LogP contribution >= 0.6 is 11.6 Å². The minimum Gasteiger partial charge on any atom is -0.455 e. The number of aryl methyl sites for hydroxylation is 1. The molecular formula is C16H16ClN3O5S. The first-order valence-electron chi connectivity index (χ1n) is 7.40. The fourth-order valence-electron chi connectivity index (χ4n) is 1.82. The molecule has 0 radical (unpaired) electrons. The summed E-state index contributed by atoms with van der Waals surface area (Å²) in [6.07, 6.45) is 1.46. The summed E-state index contributed by atoms with van der Waals surface area (Å²) in [5, 5.41) is 2.52. The highest BCUT2D eigenvalue weighted by atomic mass is 35.5. The number of amides is 1. The number of anilines is 1. The second-order valence-electron chi connectivity index (χ2n) is 5.19. The molecule has 0 aliphatic heterocycles. The topological polar surface area (TPSA) is 114 Å². The predicted octanol–water partition coefficient (Wildman–Crippen LogP) is 1.50. The molecule has 2 rings (SSSR count). The van der Waals surface area contributed by atoms with Crippen LogP contribution in [0.4, 0.5) is 5.69 Å². The van der Waals surface area contributed by atoms with Crippen LogP contribution in [0.25, 0.3) is 0 Å². The number of sulfonamides is 1. The number of rotatable bonds is 7. The summed E-state index contributed by atoms with van der Waals surface area (Å²) in [6, 6.07) is 9.24. The van der Waals surface area contributed by atoms with Gasteiger partial charge in [0.1, 0.15) is 6.54 Å². The van der Waals surface area contributed by atoms with Crippen LogP contribution in [0.1, 0.15) is 5.56 Å². The molecule has 0 bridgehead atoms. The van der Waals surface area contributed by atoms with E-state index in [1.54, 1.807) is 18.2 Å². The molecule has 138 valence electrons. The number of esters is 1. The molecule has 2 aromatic rings. The molecule has 10 heteroatoms. The van der Waals surface area contributed by atoms with E-state index in [1.165, 1.54) is 24.4 Å². The van der Waals surface area contributed by atoms with Crippen LogP contribution in [0, 0.1) is 6.92 Å². The third-order valence-corrected chi connectivity index (χ3v) is 4.85. The van der Waals surface area contributed by atoms with Crippen molar-refractivity contribution in [2.45, 2.75) is 11.8 Å². The quantitative estimate of drug-likeness (QED) is 0.540. The van der Waals surface area contributed by atoms with E-state index in [0.717, 1.165) is 5.56 Å². The Kier molecular flexibility index (Phi) is 6.67. The van der Waals surface area contributed by atoms with Crippen molar-refractivity contribution in [3.05, 3.63) is 53.3 Å².